The highest BCUT2D eigenvalue weighted by Crippen LogP contribution is 2.20. The summed E-state index contributed by atoms with van der Waals surface area (Å²) in [4.78, 5) is 2.44. The van der Waals surface area contributed by atoms with E-state index >= 15 is 0 Å². The predicted molar refractivity (Wildman–Crippen MR) is 70.0 cm³/mol. The van der Waals surface area contributed by atoms with E-state index in [2.05, 4.69) is 17.1 Å². The summed E-state index contributed by atoms with van der Waals surface area (Å²) < 4.78 is 13.1. The Hall–Kier alpha value is -1.13. The molecule has 0 spiro atoms. The van der Waals surface area contributed by atoms with Gasteiger partial charge in [-0.3, -0.25) is 0 Å². The molecule has 1 saturated heterocycles. The first-order valence-electron chi connectivity index (χ1n) is 6.60. The third kappa shape index (κ3) is 3.21. The molecule has 4 heteroatoms. The molecule has 1 aromatic rings. The normalized spacial score (nSPS) is 20.4. The van der Waals surface area contributed by atoms with Crippen LogP contribution in [0.1, 0.15) is 18.9 Å². The number of benzene rings is 1. The molecule has 1 aliphatic rings. The number of phenolic OH excluding ortho intramolecular Hbond substituents is 1. The summed E-state index contributed by atoms with van der Waals surface area (Å²) in [5.74, 6) is -0.111. The van der Waals surface area contributed by atoms with E-state index in [1.54, 1.807) is 12.1 Å². The fraction of sp³-hybridized carbons (Fsp3) is 0.571. The van der Waals surface area contributed by atoms with Gasteiger partial charge in [-0.15, -0.1) is 0 Å². The van der Waals surface area contributed by atoms with Crippen molar-refractivity contribution < 1.29 is 9.50 Å². The average Bonchev–Trinajstić information content (AvgIpc) is 2.82. The number of halogens is 1. The molecule has 1 aromatic carbocycles. The van der Waals surface area contributed by atoms with E-state index in [1.165, 1.54) is 19.0 Å². The molecule has 0 aliphatic carbocycles. The van der Waals surface area contributed by atoms with Crippen molar-refractivity contribution >= 4 is 0 Å². The lowest BCUT2D eigenvalue weighted by Gasteiger charge is -2.14. The lowest BCUT2D eigenvalue weighted by atomic mass is 10.1. The van der Waals surface area contributed by atoms with Crippen LogP contribution in [-0.4, -0.2) is 36.2 Å². The molecule has 1 heterocycles. The number of aromatic hydroxyl groups is 1. The second kappa shape index (κ2) is 6.16. The fourth-order valence-electron chi connectivity index (χ4n) is 2.48. The van der Waals surface area contributed by atoms with Crippen molar-refractivity contribution in [1.82, 2.24) is 10.2 Å². The maximum atomic E-state index is 13.1. The molecule has 3 nitrogen and oxygen atoms in total. The first-order chi connectivity index (χ1) is 8.70. The summed E-state index contributed by atoms with van der Waals surface area (Å²) in [7, 11) is 0. The Kier molecular flexibility index (Phi) is 4.55. The number of hydrogen-bond acceptors (Lipinski definition) is 3. The standard InChI is InChI=1S/C14H21FN2O/c1-2-17-7-6-11(10-17)8-16-9-12-4-3-5-13(15)14(12)18/h3-5,11,16,18H,2,6-10H2,1H3. The molecular formula is C14H21FN2O. The third-order valence-electron chi connectivity index (χ3n) is 3.64. The maximum Gasteiger partial charge on any atom is 0.165 e. The summed E-state index contributed by atoms with van der Waals surface area (Å²) in [6.45, 7) is 7.05. The van der Waals surface area contributed by atoms with Gasteiger partial charge >= 0.3 is 0 Å². The summed E-state index contributed by atoms with van der Waals surface area (Å²) in [6, 6.07) is 4.65. The molecule has 1 aliphatic heterocycles. The largest absolute Gasteiger partial charge is 0.505 e. The molecular weight excluding hydrogens is 231 g/mol. The van der Waals surface area contributed by atoms with Gasteiger partial charge in [-0.25, -0.2) is 4.39 Å². The topological polar surface area (TPSA) is 35.5 Å². The zero-order chi connectivity index (χ0) is 13.0. The fourth-order valence-corrected chi connectivity index (χ4v) is 2.48. The van der Waals surface area contributed by atoms with Crippen molar-refractivity contribution in [1.29, 1.82) is 0 Å². The minimum atomic E-state index is -0.549. The number of hydrogen-bond donors (Lipinski definition) is 2. The lowest BCUT2D eigenvalue weighted by Crippen LogP contribution is -2.26. The van der Waals surface area contributed by atoms with E-state index in [-0.39, 0.29) is 5.75 Å². The minimum Gasteiger partial charge on any atom is -0.505 e. The van der Waals surface area contributed by atoms with Crippen LogP contribution < -0.4 is 5.32 Å². The Morgan fingerprint density at radius 1 is 1.50 bits per heavy atom. The van der Waals surface area contributed by atoms with Crippen LogP contribution in [0.15, 0.2) is 18.2 Å². The lowest BCUT2D eigenvalue weighted by molar-refractivity contribution is 0.338. The Morgan fingerprint density at radius 2 is 2.33 bits per heavy atom. The molecule has 0 saturated carbocycles. The van der Waals surface area contributed by atoms with Crippen LogP contribution in [0.3, 0.4) is 0 Å². The van der Waals surface area contributed by atoms with Crippen LogP contribution in [0.25, 0.3) is 0 Å². The number of likely N-dealkylation sites (tertiary alicyclic amines) is 1. The van der Waals surface area contributed by atoms with Gasteiger partial charge in [-0.1, -0.05) is 19.1 Å². The molecule has 0 aromatic heterocycles. The smallest absolute Gasteiger partial charge is 0.165 e. The number of para-hydroxylation sites is 1. The van der Waals surface area contributed by atoms with Crippen LogP contribution in [0, 0.1) is 11.7 Å². The molecule has 1 unspecified atom stereocenters. The van der Waals surface area contributed by atoms with Gasteiger partial charge in [0.1, 0.15) is 0 Å². The number of phenols is 1. The van der Waals surface area contributed by atoms with E-state index in [4.69, 9.17) is 0 Å². The van der Waals surface area contributed by atoms with E-state index in [9.17, 15) is 9.50 Å². The first kappa shape index (κ1) is 13.3. The zero-order valence-electron chi connectivity index (χ0n) is 10.8. The summed E-state index contributed by atoms with van der Waals surface area (Å²) in [5.41, 5.74) is 0.625. The van der Waals surface area contributed by atoms with Crippen LogP contribution in [0.4, 0.5) is 4.39 Å². The van der Waals surface area contributed by atoms with Gasteiger partial charge < -0.3 is 15.3 Å². The molecule has 1 fully saturated rings. The van der Waals surface area contributed by atoms with Crippen molar-refractivity contribution in [2.45, 2.75) is 19.9 Å². The Balaban J connectivity index is 1.77. The van der Waals surface area contributed by atoms with Crippen molar-refractivity contribution in [3.8, 4) is 5.75 Å². The van der Waals surface area contributed by atoms with E-state index in [0.29, 0.717) is 18.0 Å². The quantitative estimate of drug-likeness (QED) is 0.841. The van der Waals surface area contributed by atoms with Crippen LogP contribution in [0.5, 0.6) is 5.75 Å². The molecule has 100 valence electrons. The second-order valence-corrected chi connectivity index (χ2v) is 4.93. The molecule has 18 heavy (non-hydrogen) atoms. The van der Waals surface area contributed by atoms with Crippen molar-refractivity contribution in [2.75, 3.05) is 26.2 Å². The van der Waals surface area contributed by atoms with E-state index in [1.807, 2.05) is 0 Å². The van der Waals surface area contributed by atoms with E-state index < -0.39 is 5.82 Å². The molecule has 0 radical (unpaired) electrons. The van der Waals surface area contributed by atoms with Crippen LogP contribution >= 0.6 is 0 Å². The highest BCUT2D eigenvalue weighted by Gasteiger charge is 2.20. The van der Waals surface area contributed by atoms with Crippen LogP contribution in [-0.2, 0) is 6.54 Å². The summed E-state index contributed by atoms with van der Waals surface area (Å²) in [6.07, 6.45) is 1.22. The second-order valence-electron chi connectivity index (χ2n) is 4.93. The van der Waals surface area contributed by atoms with E-state index in [0.717, 1.165) is 19.6 Å². The first-order valence-corrected chi connectivity index (χ1v) is 6.60. The average molecular weight is 252 g/mol. The number of nitrogens with zero attached hydrogens (tertiary/aromatic N) is 1. The molecule has 0 bridgehead atoms. The van der Waals surface area contributed by atoms with Crippen LogP contribution in [0.2, 0.25) is 0 Å². The Labute approximate surface area is 108 Å². The maximum absolute atomic E-state index is 13.1. The molecule has 1 atom stereocenters. The SMILES string of the molecule is CCN1CCC(CNCc2cccc(F)c2O)C1. The zero-order valence-corrected chi connectivity index (χ0v) is 10.8. The Morgan fingerprint density at radius 3 is 3.06 bits per heavy atom. The van der Waals surface area contributed by atoms with Gasteiger partial charge in [0.15, 0.2) is 11.6 Å². The molecule has 2 N–H and O–H groups in total. The van der Waals surface area contributed by atoms with Crippen molar-refractivity contribution in [2.24, 2.45) is 5.92 Å². The minimum absolute atomic E-state index is 0.230. The van der Waals surface area contributed by atoms with Gasteiger partial charge in [0.2, 0.25) is 0 Å². The monoisotopic (exact) mass is 252 g/mol. The highest BCUT2D eigenvalue weighted by molar-refractivity contribution is 5.33. The predicted octanol–water partition coefficient (Wildman–Crippen LogP) is 1.96. The van der Waals surface area contributed by atoms with Gasteiger partial charge in [-0.05, 0) is 38.0 Å². The van der Waals surface area contributed by atoms with Gasteiger partial charge in [0, 0.05) is 18.7 Å². The third-order valence-corrected chi connectivity index (χ3v) is 3.64. The van der Waals surface area contributed by atoms with Crippen molar-refractivity contribution in [3.05, 3.63) is 29.6 Å². The summed E-state index contributed by atoms with van der Waals surface area (Å²) in [5, 5.41) is 12.8. The van der Waals surface area contributed by atoms with Gasteiger partial charge in [0.05, 0.1) is 0 Å². The number of nitrogens with one attached hydrogen (secondary N) is 1. The van der Waals surface area contributed by atoms with Gasteiger partial charge in [-0.2, -0.15) is 0 Å². The Bertz CT molecular complexity index is 397. The number of rotatable bonds is 5. The van der Waals surface area contributed by atoms with Crippen molar-refractivity contribution in [3.63, 3.8) is 0 Å². The molecule has 0 amide bonds. The van der Waals surface area contributed by atoms with Gasteiger partial charge in [0.25, 0.3) is 0 Å². The molecule has 2 rings (SSSR count). The summed E-state index contributed by atoms with van der Waals surface area (Å²) >= 11 is 0. The highest BCUT2D eigenvalue weighted by atomic mass is 19.1.